The summed E-state index contributed by atoms with van der Waals surface area (Å²) in [6.45, 7) is 3.99. The lowest BCUT2D eigenvalue weighted by Gasteiger charge is -2.36. The summed E-state index contributed by atoms with van der Waals surface area (Å²) >= 11 is 0. The molecular formula is C12H24BN2O. The third kappa shape index (κ3) is 5.53. The van der Waals surface area contributed by atoms with Crippen molar-refractivity contribution in [3.05, 3.63) is 0 Å². The Kier molecular flexibility index (Phi) is 7.45. The number of hydrogen-bond acceptors (Lipinski definition) is 3. The average Bonchev–Trinajstić information content (AvgIpc) is 2.20. The minimum Gasteiger partial charge on any atom is -0.389 e. The van der Waals surface area contributed by atoms with E-state index < -0.39 is 5.60 Å². The van der Waals surface area contributed by atoms with Gasteiger partial charge in [-0.2, -0.15) is 0 Å². The van der Waals surface area contributed by atoms with Crippen molar-refractivity contribution in [2.24, 2.45) is 0 Å². The fourth-order valence-corrected chi connectivity index (χ4v) is 2.01. The third-order valence-electron chi connectivity index (χ3n) is 2.96. The van der Waals surface area contributed by atoms with E-state index in [-0.39, 0.29) is 5.94 Å². The van der Waals surface area contributed by atoms with Crippen LogP contribution in [0.2, 0.25) is 0 Å². The van der Waals surface area contributed by atoms with Gasteiger partial charge < -0.3 is 10.0 Å². The first-order chi connectivity index (χ1) is 7.45. The highest BCUT2D eigenvalue weighted by Gasteiger charge is 2.33. The Balaban J connectivity index is 4.20. The van der Waals surface area contributed by atoms with Crippen molar-refractivity contribution in [1.82, 2.24) is 4.90 Å². The summed E-state index contributed by atoms with van der Waals surface area (Å²) in [4.78, 5) is 1.89. The van der Waals surface area contributed by atoms with E-state index in [9.17, 15) is 5.11 Å². The molecule has 0 amide bonds. The van der Waals surface area contributed by atoms with Gasteiger partial charge in [0.05, 0.1) is 5.60 Å². The van der Waals surface area contributed by atoms with Gasteiger partial charge in [-0.25, -0.2) is 5.26 Å². The maximum Gasteiger partial charge on any atom is 0.277 e. The Morgan fingerprint density at radius 1 is 1.38 bits per heavy atom. The van der Waals surface area contributed by atoms with E-state index >= 15 is 0 Å². The van der Waals surface area contributed by atoms with Gasteiger partial charge in [-0.1, -0.05) is 32.6 Å². The van der Waals surface area contributed by atoms with Crippen LogP contribution in [0.4, 0.5) is 0 Å². The zero-order valence-corrected chi connectivity index (χ0v) is 11.0. The first-order valence-electron chi connectivity index (χ1n) is 6.07. The second kappa shape index (κ2) is 7.70. The van der Waals surface area contributed by atoms with Gasteiger partial charge in [-0.3, -0.25) is 0 Å². The van der Waals surface area contributed by atoms with Gasteiger partial charge in [0.25, 0.3) is 7.28 Å². The first-order valence-corrected chi connectivity index (χ1v) is 6.07. The van der Waals surface area contributed by atoms with Crippen LogP contribution in [0.1, 0.15) is 46.0 Å². The molecule has 0 aliphatic heterocycles. The van der Waals surface area contributed by atoms with Crippen LogP contribution >= 0.6 is 0 Å². The summed E-state index contributed by atoms with van der Waals surface area (Å²) in [6.07, 6.45) is 5.33. The Bertz CT molecular complexity index is 224. The molecule has 2 unspecified atom stereocenters. The molecule has 0 aliphatic rings. The molecule has 0 aromatic heterocycles. The maximum atomic E-state index is 10.4. The van der Waals surface area contributed by atoms with Crippen molar-refractivity contribution >= 4 is 7.28 Å². The average molecular weight is 223 g/mol. The quantitative estimate of drug-likeness (QED) is 0.504. The normalized spacial score (nSPS) is 16.6. The van der Waals surface area contributed by atoms with Crippen LogP contribution in [0.5, 0.6) is 0 Å². The van der Waals surface area contributed by atoms with Gasteiger partial charge >= 0.3 is 0 Å². The molecule has 0 spiro atoms. The van der Waals surface area contributed by atoms with Crippen molar-refractivity contribution in [2.45, 2.75) is 57.5 Å². The molecule has 0 aromatic rings. The van der Waals surface area contributed by atoms with Crippen LogP contribution in [0, 0.1) is 11.2 Å². The molecule has 2 atom stereocenters. The zero-order valence-electron chi connectivity index (χ0n) is 11.0. The van der Waals surface area contributed by atoms with Crippen molar-refractivity contribution in [2.75, 3.05) is 14.1 Å². The van der Waals surface area contributed by atoms with E-state index in [2.05, 4.69) is 6.92 Å². The number of hydrogen-bond donors (Lipinski definition) is 1. The lowest BCUT2D eigenvalue weighted by atomic mass is 9.62. The molecule has 1 radical (unpaired) electrons. The van der Waals surface area contributed by atoms with Crippen LogP contribution in [0.25, 0.3) is 0 Å². The molecule has 1 N–H and O–H groups in total. The van der Waals surface area contributed by atoms with E-state index in [0.717, 1.165) is 19.3 Å². The fraction of sp³-hybridized carbons (Fsp3) is 0.917. The molecule has 0 saturated carbocycles. The van der Waals surface area contributed by atoms with Crippen LogP contribution in [-0.2, 0) is 0 Å². The molecule has 91 valence electrons. The molecule has 0 aliphatic carbocycles. The molecule has 4 heteroatoms. The Labute approximate surface area is 101 Å². The largest absolute Gasteiger partial charge is 0.389 e. The van der Waals surface area contributed by atoms with Crippen LogP contribution in [0.15, 0.2) is 0 Å². The van der Waals surface area contributed by atoms with Crippen LogP contribution in [0.3, 0.4) is 0 Å². The van der Waals surface area contributed by atoms with E-state index in [0.29, 0.717) is 0 Å². The first kappa shape index (κ1) is 15.5. The second-order valence-electron chi connectivity index (χ2n) is 4.87. The van der Waals surface area contributed by atoms with Gasteiger partial charge in [0.1, 0.15) is 0 Å². The molecule has 0 aromatic carbocycles. The standard InChI is InChI=1S/C12H24BN2O/c1-5-6-7-8-9-12(2,16)11(13-10-14)15(3)4/h11,16H,5-9H2,1-4H3. The number of nitrogens with zero attached hydrogens (tertiary/aromatic N) is 2. The molecule has 3 nitrogen and oxygen atoms in total. The zero-order chi connectivity index (χ0) is 12.6. The highest BCUT2D eigenvalue weighted by molar-refractivity contribution is 6.47. The summed E-state index contributed by atoms with van der Waals surface area (Å²) in [6, 6.07) is 0. The number of likely N-dealkylation sites (N-methyl/N-ethyl adjacent to an activating group) is 1. The van der Waals surface area contributed by atoms with Crippen molar-refractivity contribution in [1.29, 1.82) is 5.26 Å². The van der Waals surface area contributed by atoms with Crippen molar-refractivity contribution in [3.63, 3.8) is 0 Å². The van der Waals surface area contributed by atoms with Gasteiger partial charge in [0.2, 0.25) is 0 Å². The lowest BCUT2D eigenvalue weighted by molar-refractivity contribution is 0.00470. The van der Waals surface area contributed by atoms with Gasteiger partial charge in [0.15, 0.2) is 0 Å². The Hall–Kier alpha value is -0.525. The Morgan fingerprint density at radius 3 is 2.44 bits per heavy atom. The highest BCUT2D eigenvalue weighted by atomic mass is 16.3. The monoisotopic (exact) mass is 223 g/mol. The lowest BCUT2D eigenvalue weighted by Crippen LogP contribution is -2.51. The molecule has 16 heavy (non-hydrogen) atoms. The third-order valence-corrected chi connectivity index (χ3v) is 2.96. The van der Waals surface area contributed by atoms with Crippen molar-refractivity contribution in [3.8, 4) is 5.97 Å². The maximum absolute atomic E-state index is 10.4. The highest BCUT2D eigenvalue weighted by Crippen LogP contribution is 2.21. The van der Waals surface area contributed by atoms with E-state index in [1.54, 1.807) is 0 Å². The van der Waals surface area contributed by atoms with E-state index in [1.165, 1.54) is 20.1 Å². The number of aliphatic hydroxyl groups is 1. The topological polar surface area (TPSA) is 47.3 Å². The summed E-state index contributed by atoms with van der Waals surface area (Å²) in [5.74, 6) is 1.83. The van der Waals surface area contributed by atoms with Gasteiger partial charge in [-0.05, 0) is 33.4 Å². The molecular weight excluding hydrogens is 199 g/mol. The molecule has 0 rings (SSSR count). The molecule has 0 heterocycles. The SMILES string of the molecule is CCCCCCC(C)(O)C([B]C#N)N(C)C. The van der Waals surface area contributed by atoms with Gasteiger partial charge in [0, 0.05) is 5.94 Å². The molecule has 0 bridgehead atoms. The number of nitriles is 1. The van der Waals surface area contributed by atoms with E-state index in [1.807, 2.05) is 31.9 Å². The van der Waals surface area contributed by atoms with Crippen molar-refractivity contribution < 1.29 is 5.11 Å². The predicted molar refractivity (Wildman–Crippen MR) is 68.2 cm³/mol. The minimum absolute atomic E-state index is 0.195. The summed E-state index contributed by atoms with van der Waals surface area (Å²) < 4.78 is 0. The molecule has 0 fully saturated rings. The number of unbranched alkanes of at least 4 members (excludes halogenated alkanes) is 3. The van der Waals surface area contributed by atoms with Crippen LogP contribution < -0.4 is 0 Å². The molecule has 0 saturated heterocycles. The Morgan fingerprint density at radius 2 is 2.00 bits per heavy atom. The van der Waals surface area contributed by atoms with Gasteiger partial charge in [-0.15, -0.1) is 0 Å². The summed E-state index contributed by atoms with van der Waals surface area (Å²) in [5, 5.41) is 19.1. The smallest absolute Gasteiger partial charge is 0.277 e. The van der Waals surface area contributed by atoms with Crippen LogP contribution in [-0.4, -0.2) is 42.9 Å². The minimum atomic E-state index is -0.813. The summed E-state index contributed by atoms with van der Waals surface area (Å²) in [7, 11) is 5.29. The fourth-order valence-electron chi connectivity index (χ4n) is 2.01. The second-order valence-corrected chi connectivity index (χ2v) is 4.87. The van der Waals surface area contributed by atoms with E-state index in [4.69, 9.17) is 5.26 Å². The number of rotatable bonds is 8. The summed E-state index contributed by atoms with van der Waals surface area (Å²) in [5.41, 5.74) is -0.813. The predicted octanol–water partition coefficient (Wildman–Crippen LogP) is 1.78.